The molecule has 0 spiro atoms. The molecule has 108 valence electrons. The van der Waals surface area contributed by atoms with Crippen molar-refractivity contribution in [3.63, 3.8) is 0 Å². The number of carbonyl (C=O) groups is 1. The van der Waals surface area contributed by atoms with E-state index in [-0.39, 0.29) is 23.7 Å². The van der Waals surface area contributed by atoms with E-state index in [1.807, 2.05) is 6.07 Å². The third-order valence-corrected chi connectivity index (χ3v) is 3.14. The molecule has 22 heavy (non-hydrogen) atoms. The molecule has 0 unspecified atom stereocenters. The van der Waals surface area contributed by atoms with Crippen molar-refractivity contribution in [2.45, 2.75) is 0 Å². The van der Waals surface area contributed by atoms with Crippen molar-refractivity contribution < 1.29 is 18.7 Å². The predicted molar refractivity (Wildman–Crippen MR) is 76.9 cm³/mol. The minimum Gasteiger partial charge on any atom is -0.479 e. The van der Waals surface area contributed by atoms with Crippen LogP contribution in [-0.4, -0.2) is 12.4 Å². The number of ether oxygens (including phenoxy) is 2. The second-order valence-corrected chi connectivity index (χ2v) is 4.57. The number of ketones is 1. The van der Waals surface area contributed by atoms with Gasteiger partial charge in [0.2, 0.25) is 5.78 Å². The van der Waals surface area contributed by atoms with Crippen molar-refractivity contribution in [1.82, 2.24) is 0 Å². The van der Waals surface area contributed by atoms with E-state index < -0.39 is 5.82 Å². The monoisotopic (exact) mass is 295 g/mol. The summed E-state index contributed by atoms with van der Waals surface area (Å²) in [7, 11) is 0. The fourth-order valence-corrected chi connectivity index (χ4v) is 2.11. The number of hydrogen-bond donors (Lipinski definition) is 0. The standard InChI is InChI=1S/C17H10FNO3/c18-14-4-2-1-3-11(14)9-16-17(20)13-6-5-12(21-8-7-19)10-15(13)22-16/h1-6,9-10H,8H2. The molecule has 3 rings (SSSR count). The molecule has 0 amide bonds. The number of hydrogen-bond acceptors (Lipinski definition) is 4. The molecule has 0 atom stereocenters. The Balaban J connectivity index is 1.91. The highest BCUT2D eigenvalue weighted by Gasteiger charge is 2.28. The second kappa shape index (κ2) is 5.70. The smallest absolute Gasteiger partial charge is 0.231 e. The van der Waals surface area contributed by atoms with Crippen LogP contribution in [0, 0.1) is 17.1 Å². The van der Waals surface area contributed by atoms with Gasteiger partial charge in [0.25, 0.3) is 0 Å². The van der Waals surface area contributed by atoms with Gasteiger partial charge in [0.15, 0.2) is 12.4 Å². The first-order valence-corrected chi connectivity index (χ1v) is 6.51. The number of benzene rings is 2. The van der Waals surface area contributed by atoms with E-state index in [0.29, 0.717) is 17.1 Å². The number of nitriles is 1. The van der Waals surface area contributed by atoms with Gasteiger partial charge in [-0.3, -0.25) is 4.79 Å². The number of allylic oxidation sites excluding steroid dienone is 1. The van der Waals surface area contributed by atoms with Crippen LogP contribution >= 0.6 is 0 Å². The SMILES string of the molecule is N#CCOc1ccc2c(c1)OC(=Cc1ccccc1F)C2=O. The van der Waals surface area contributed by atoms with Crippen molar-refractivity contribution in [3.05, 3.63) is 65.2 Å². The van der Waals surface area contributed by atoms with Gasteiger partial charge in [0.05, 0.1) is 5.56 Å². The first-order chi connectivity index (χ1) is 10.7. The summed E-state index contributed by atoms with van der Waals surface area (Å²) >= 11 is 0. The Bertz CT molecular complexity index is 821. The third kappa shape index (κ3) is 2.54. The van der Waals surface area contributed by atoms with Crippen LogP contribution < -0.4 is 9.47 Å². The molecule has 0 radical (unpaired) electrons. The van der Waals surface area contributed by atoms with E-state index >= 15 is 0 Å². The van der Waals surface area contributed by atoms with Crippen molar-refractivity contribution in [3.8, 4) is 17.6 Å². The van der Waals surface area contributed by atoms with Crippen molar-refractivity contribution in [2.75, 3.05) is 6.61 Å². The van der Waals surface area contributed by atoms with Crippen LogP contribution in [0.3, 0.4) is 0 Å². The molecule has 0 fully saturated rings. The zero-order chi connectivity index (χ0) is 15.5. The Morgan fingerprint density at radius 1 is 1.27 bits per heavy atom. The van der Waals surface area contributed by atoms with Gasteiger partial charge in [-0.25, -0.2) is 4.39 Å². The van der Waals surface area contributed by atoms with Gasteiger partial charge in [-0.2, -0.15) is 5.26 Å². The molecule has 4 nitrogen and oxygen atoms in total. The van der Waals surface area contributed by atoms with Crippen LogP contribution in [-0.2, 0) is 0 Å². The fourth-order valence-electron chi connectivity index (χ4n) is 2.11. The predicted octanol–water partition coefficient (Wildman–Crippen LogP) is 3.34. The topological polar surface area (TPSA) is 59.3 Å². The third-order valence-electron chi connectivity index (χ3n) is 3.14. The van der Waals surface area contributed by atoms with Gasteiger partial charge in [-0.05, 0) is 24.3 Å². The van der Waals surface area contributed by atoms with Gasteiger partial charge < -0.3 is 9.47 Å². The van der Waals surface area contributed by atoms with Crippen molar-refractivity contribution in [2.24, 2.45) is 0 Å². The molecule has 5 heteroatoms. The van der Waals surface area contributed by atoms with Crippen LogP contribution in [0.4, 0.5) is 4.39 Å². The molecule has 0 aliphatic carbocycles. The number of fused-ring (bicyclic) bond motifs is 1. The summed E-state index contributed by atoms with van der Waals surface area (Å²) in [5.41, 5.74) is 0.659. The number of rotatable bonds is 3. The van der Waals surface area contributed by atoms with Crippen LogP contribution in [0.2, 0.25) is 0 Å². The molecule has 0 aromatic heterocycles. The van der Waals surface area contributed by atoms with E-state index in [9.17, 15) is 9.18 Å². The highest BCUT2D eigenvalue weighted by atomic mass is 19.1. The van der Waals surface area contributed by atoms with Gasteiger partial charge in [0, 0.05) is 11.6 Å². The minimum absolute atomic E-state index is 0.0533. The van der Waals surface area contributed by atoms with Gasteiger partial charge >= 0.3 is 0 Å². The lowest BCUT2D eigenvalue weighted by atomic mass is 10.1. The number of halogens is 1. The van der Waals surface area contributed by atoms with Crippen molar-refractivity contribution >= 4 is 11.9 Å². The number of nitrogens with zero attached hydrogens (tertiary/aromatic N) is 1. The van der Waals surface area contributed by atoms with E-state index in [4.69, 9.17) is 14.7 Å². The lowest BCUT2D eigenvalue weighted by Crippen LogP contribution is -1.98. The normalized spacial score (nSPS) is 14.4. The molecule has 1 heterocycles. The first kappa shape index (κ1) is 13.8. The van der Waals surface area contributed by atoms with Crippen LogP contribution in [0.5, 0.6) is 11.5 Å². The largest absolute Gasteiger partial charge is 0.479 e. The summed E-state index contributed by atoms with van der Waals surface area (Å²) in [6.45, 7) is -0.0926. The number of carbonyl (C=O) groups excluding carboxylic acids is 1. The molecule has 0 bridgehead atoms. The van der Waals surface area contributed by atoms with E-state index in [2.05, 4.69) is 0 Å². The second-order valence-electron chi connectivity index (χ2n) is 4.57. The van der Waals surface area contributed by atoms with Crippen molar-refractivity contribution in [1.29, 1.82) is 5.26 Å². The number of Topliss-reactive ketones (excluding diaryl/α,β-unsaturated/α-hetero) is 1. The fraction of sp³-hybridized carbons (Fsp3) is 0.0588. The quantitative estimate of drug-likeness (QED) is 0.815. The van der Waals surface area contributed by atoms with E-state index in [0.717, 1.165) is 0 Å². The molecule has 2 aromatic rings. The molecule has 1 aliphatic heterocycles. The Hall–Kier alpha value is -3.13. The molecular weight excluding hydrogens is 285 g/mol. The molecule has 0 N–H and O–H groups in total. The Morgan fingerprint density at radius 3 is 2.86 bits per heavy atom. The summed E-state index contributed by atoms with van der Waals surface area (Å²) in [6.07, 6.45) is 1.37. The van der Waals surface area contributed by atoms with E-state index in [1.165, 1.54) is 18.2 Å². The summed E-state index contributed by atoms with van der Waals surface area (Å²) in [5.74, 6) is 0.0753. The molecule has 0 saturated carbocycles. The maximum atomic E-state index is 13.6. The Kier molecular flexibility index (Phi) is 3.58. The maximum Gasteiger partial charge on any atom is 0.231 e. The average Bonchev–Trinajstić information content (AvgIpc) is 2.83. The molecule has 2 aromatic carbocycles. The van der Waals surface area contributed by atoms with Gasteiger partial charge in [0.1, 0.15) is 23.4 Å². The summed E-state index contributed by atoms with van der Waals surface area (Å²) in [4.78, 5) is 12.2. The summed E-state index contributed by atoms with van der Waals surface area (Å²) in [6, 6.07) is 12.7. The zero-order valence-corrected chi connectivity index (χ0v) is 11.4. The summed E-state index contributed by atoms with van der Waals surface area (Å²) in [5, 5.41) is 8.49. The molecule has 0 saturated heterocycles. The highest BCUT2D eigenvalue weighted by molar-refractivity contribution is 6.14. The van der Waals surface area contributed by atoms with Crippen LogP contribution in [0.15, 0.2) is 48.2 Å². The van der Waals surface area contributed by atoms with E-state index in [1.54, 1.807) is 30.3 Å². The lowest BCUT2D eigenvalue weighted by Gasteiger charge is -2.03. The van der Waals surface area contributed by atoms with Crippen LogP contribution in [0.25, 0.3) is 6.08 Å². The first-order valence-electron chi connectivity index (χ1n) is 6.51. The zero-order valence-electron chi connectivity index (χ0n) is 11.4. The molecular formula is C17H10FNO3. The lowest BCUT2D eigenvalue weighted by molar-refractivity contribution is 0.101. The Morgan fingerprint density at radius 2 is 2.09 bits per heavy atom. The van der Waals surface area contributed by atoms with Gasteiger partial charge in [-0.15, -0.1) is 0 Å². The summed E-state index contributed by atoms with van der Waals surface area (Å²) < 4.78 is 24.3. The average molecular weight is 295 g/mol. The maximum absolute atomic E-state index is 13.6. The van der Waals surface area contributed by atoms with Gasteiger partial charge in [-0.1, -0.05) is 18.2 Å². The van der Waals surface area contributed by atoms with Crippen LogP contribution in [0.1, 0.15) is 15.9 Å². The molecule has 1 aliphatic rings. The Labute approximate surface area is 126 Å². The highest BCUT2D eigenvalue weighted by Crippen LogP contribution is 2.35. The minimum atomic E-state index is -0.430.